The number of carboxylic acids is 1. The van der Waals surface area contributed by atoms with E-state index in [4.69, 9.17) is 16.7 Å². The Bertz CT molecular complexity index is 392. The third-order valence-corrected chi connectivity index (χ3v) is 1.91. The lowest BCUT2D eigenvalue weighted by atomic mass is 10.1. The molecule has 15 heavy (non-hydrogen) atoms. The Labute approximate surface area is 87.5 Å². The van der Waals surface area contributed by atoms with Gasteiger partial charge < -0.3 is 5.11 Å². The summed E-state index contributed by atoms with van der Waals surface area (Å²) in [6.45, 7) is 0. The first kappa shape index (κ1) is 11.8. The number of hydrogen-bond acceptors (Lipinski definition) is 2. The van der Waals surface area contributed by atoms with Crippen molar-refractivity contribution in [3.05, 3.63) is 28.5 Å². The maximum atomic E-state index is 12.2. The van der Waals surface area contributed by atoms with Crippen LogP contribution in [0.25, 0.3) is 0 Å². The zero-order chi connectivity index (χ0) is 11.6. The second kappa shape index (κ2) is 4.06. The van der Waals surface area contributed by atoms with Crippen molar-refractivity contribution in [1.82, 2.24) is 4.98 Å². The second-order valence-corrected chi connectivity index (χ2v) is 3.14. The first-order valence-electron chi connectivity index (χ1n) is 3.74. The van der Waals surface area contributed by atoms with Crippen LogP contribution in [0.5, 0.6) is 0 Å². The molecule has 0 amide bonds. The van der Waals surface area contributed by atoms with Crippen LogP contribution in [0.2, 0.25) is 5.02 Å². The Hall–Kier alpha value is -1.30. The summed E-state index contributed by atoms with van der Waals surface area (Å²) in [6.07, 6.45) is -4.37. The van der Waals surface area contributed by atoms with Gasteiger partial charge in [0.15, 0.2) is 0 Å². The van der Waals surface area contributed by atoms with Crippen LogP contribution in [0.4, 0.5) is 13.2 Å². The van der Waals surface area contributed by atoms with Crippen LogP contribution in [0.15, 0.2) is 12.3 Å². The number of nitrogens with zero attached hydrogens (tertiary/aromatic N) is 1. The van der Waals surface area contributed by atoms with Crippen molar-refractivity contribution in [2.45, 2.75) is 12.6 Å². The number of halogens is 4. The van der Waals surface area contributed by atoms with Gasteiger partial charge in [-0.15, -0.1) is 0 Å². The van der Waals surface area contributed by atoms with E-state index < -0.39 is 24.3 Å². The molecular weight excluding hydrogens is 235 g/mol. The molecule has 0 unspecified atom stereocenters. The molecule has 1 aromatic rings. The highest BCUT2D eigenvalue weighted by Gasteiger charge is 2.33. The van der Waals surface area contributed by atoms with Gasteiger partial charge in [-0.2, -0.15) is 13.2 Å². The molecule has 0 aliphatic rings. The minimum Gasteiger partial charge on any atom is -0.481 e. The van der Waals surface area contributed by atoms with E-state index in [9.17, 15) is 18.0 Å². The van der Waals surface area contributed by atoms with Gasteiger partial charge in [0.2, 0.25) is 0 Å². The highest BCUT2D eigenvalue weighted by atomic mass is 35.5. The maximum Gasteiger partial charge on any atom is 0.433 e. The molecule has 0 saturated carbocycles. The van der Waals surface area contributed by atoms with Crippen molar-refractivity contribution in [2.24, 2.45) is 0 Å². The smallest absolute Gasteiger partial charge is 0.433 e. The number of rotatable bonds is 2. The van der Waals surface area contributed by atoms with Gasteiger partial charge in [-0.25, -0.2) is 0 Å². The number of carboxylic acid groups (broad SMARTS) is 1. The predicted octanol–water partition coefficient (Wildman–Crippen LogP) is 2.38. The van der Waals surface area contributed by atoms with Gasteiger partial charge in [-0.05, 0) is 11.6 Å². The van der Waals surface area contributed by atoms with Crippen molar-refractivity contribution in [3.8, 4) is 0 Å². The van der Waals surface area contributed by atoms with Crippen LogP contribution in [-0.4, -0.2) is 16.1 Å². The fourth-order valence-corrected chi connectivity index (χ4v) is 1.10. The van der Waals surface area contributed by atoms with E-state index in [2.05, 4.69) is 4.98 Å². The molecule has 0 aromatic carbocycles. The fraction of sp³-hybridized carbons (Fsp3) is 0.250. The third kappa shape index (κ3) is 3.09. The molecule has 0 spiro atoms. The standard InChI is InChI=1S/C8H5ClF3NO2/c9-5-3-13-6(8(10,11)12)1-4(5)2-7(14)15/h1,3H,2H2,(H,14,15). The first-order valence-corrected chi connectivity index (χ1v) is 4.12. The molecule has 0 saturated heterocycles. The Morgan fingerprint density at radius 3 is 2.60 bits per heavy atom. The van der Waals surface area contributed by atoms with E-state index in [1.54, 1.807) is 0 Å². The number of carbonyl (C=O) groups is 1. The number of pyridine rings is 1. The molecule has 1 rings (SSSR count). The van der Waals surface area contributed by atoms with Crippen LogP contribution < -0.4 is 0 Å². The van der Waals surface area contributed by atoms with Crippen molar-refractivity contribution < 1.29 is 23.1 Å². The molecule has 0 radical (unpaired) electrons. The lowest BCUT2D eigenvalue weighted by molar-refractivity contribution is -0.141. The molecule has 82 valence electrons. The SMILES string of the molecule is O=C(O)Cc1cc(C(F)(F)F)ncc1Cl. The molecule has 1 N–H and O–H groups in total. The van der Waals surface area contributed by atoms with Crippen molar-refractivity contribution >= 4 is 17.6 Å². The van der Waals surface area contributed by atoms with Crippen LogP contribution >= 0.6 is 11.6 Å². The lowest BCUT2D eigenvalue weighted by Gasteiger charge is -2.07. The molecule has 3 nitrogen and oxygen atoms in total. The highest BCUT2D eigenvalue weighted by molar-refractivity contribution is 6.31. The van der Waals surface area contributed by atoms with Crippen molar-refractivity contribution in [1.29, 1.82) is 0 Å². The number of hydrogen-bond donors (Lipinski definition) is 1. The number of aromatic nitrogens is 1. The van der Waals surface area contributed by atoms with Gasteiger partial charge in [0.25, 0.3) is 0 Å². The average molecular weight is 240 g/mol. The summed E-state index contributed by atoms with van der Waals surface area (Å²) in [5.41, 5.74) is -1.25. The minimum atomic E-state index is -4.60. The molecule has 7 heteroatoms. The summed E-state index contributed by atoms with van der Waals surface area (Å²) in [5.74, 6) is -1.25. The van der Waals surface area contributed by atoms with E-state index in [-0.39, 0.29) is 10.6 Å². The summed E-state index contributed by atoms with van der Waals surface area (Å²) in [6, 6.07) is 0.635. The van der Waals surface area contributed by atoms with Gasteiger partial charge in [0, 0.05) is 6.20 Å². The quantitative estimate of drug-likeness (QED) is 0.862. The monoisotopic (exact) mass is 239 g/mol. The third-order valence-electron chi connectivity index (χ3n) is 1.57. The van der Waals surface area contributed by atoms with Gasteiger partial charge in [0.1, 0.15) is 5.69 Å². The predicted molar refractivity (Wildman–Crippen MR) is 45.6 cm³/mol. The summed E-state index contributed by atoms with van der Waals surface area (Å²) in [4.78, 5) is 13.4. The van der Waals surface area contributed by atoms with Gasteiger partial charge in [-0.3, -0.25) is 9.78 Å². The fourth-order valence-electron chi connectivity index (χ4n) is 0.934. The average Bonchev–Trinajstić information content (AvgIpc) is 2.06. The maximum absolute atomic E-state index is 12.2. The summed E-state index contributed by atoms with van der Waals surface area (Å²) >= 11 is 5.50. The van der Waals surface area contributed by atoms with E-state index in [1.165, 1.54) is 0 Å². The van der Waals surface area contributed by atoms with Crippen LogP contribution in [0.1, 0.15) is 11.3 Å². The Morgan fingerprint density at radius 2 is 2.13 bits per heavy atom. The van der Waals surface area contributed by atoms with Crippen LogP contribution in [0, 0.1) is 0 Å². The molecule has 0 aliphatic heterocycles. The summed E-state index contributed by atoms with van der Waals surface area (Å²) < 4.78 is 36.6. The Balaban J connectivity index is 3.11. The van der Waals surface area contributed by atoms with Crippen molar-refractivity contribution in [2.75, 3.05) is 0 Å². The van der Waals surface area contributed by atoms with E-state index in [1.807, 2.05) is 0 Å². The highest BCUT2D eigenvalue weighted by Crippen LogP contribution is 2.29. The lowest BCUT2D eigenvalue weighted by Crippen LogP contribution is -2.10. The molecule has 0 fully saturated rings. The van der Waals surface area contributed by atoms with Gasteiger partial charge >= 0.3 is 12.1 Å². The minimum absolute atomic E-state index is 0.0922. The Morgan fingerprint density at radius 1 is 1.53 bits per heavy atom. The molecular formula is C8H5ClF3NO2. The molecule has 1 aromatic heterocycles. The molecule has 0 aliphatic carbocycles. The van der Waals surface area contributed by atoms with E-state index in [0.717, 1.165) is 6.20 Å². The Kier molecular flexibility index (Phi) is 3.18. The molecule has 0 atom stereocenters. The zero-order valence-corrected chi connectivity index (χ0v) is 7.93. The summed E-state index contributed by atoms with van der Waals surface area (Å²) in [7, 11) is 0. The normalized spacial score (nSPS) is 11.5. The first-order chi connectivity index (χ1) is 6.80. The summed E-state index contributed by atoms with van der Waals surface area (Å²) in [5, 5.41) is 8.33. The topological polar surface area (TPSA) is 50.2 Å². The largest absolute Gasteiger partial charge is 0.481 e. The van der Waals surface area contributed by atoms with E-state index in [0.29, 0.717) is 6.07 Å². The number of aliphatic carboxylic acids is 1. The van der Waals surface area contributed by atoms with Crippen molar-refractivity contribution in [3.63, 3.8) is 0 Å². The molecule has 0 bridgehead atoms. The van der Waals surface area contributed by atoms with Crippen LogP contribution in [0.3, 0.4) is 0 Å². The zero-order valence-electron chi connectivity index (χ0n) is 7.18. The van der Waals surface area contributed by atoms with Crippen LogP contribution in [-0.2, 0) is 17.4 Å². The second-order valence-electron chi connectivity index (χ2n) is 2.73. The van der Waals surface area contributed by atoms with E-state index >= 15 is 0 Å². The number of alkyl halides is 3. The van der Waals surface area contributed by atoms with Gasteiger partial charge in [0.05, 0.1) is 11.4 Å². The van der Waals surface area contributed by atoms with Gasteiger partial charge in [-0.1, -0.05) is 11.6 Å². The molecule has 1 heterocycles.